The van der Waals surface area contributed by atoms with Gasteiger partial charge in [-0.15, -0.1) is 0 Å². The molecule has 8 nitrogen and oxygen atoms in total. The van der Waals surface area contributed by atoms with Crippen LogP contribution in [0.2, 0.25) is 10.0 Å². The Kier molecular flexibility index (Phi) is 7.48. The van der Waals surface area contributed by atoms with Crippen molar-refractivity contribution in [1.29, 1.82) is 0 Å². The minimum Gasteiger partial charge on any atom is -0.429 e. The van der Waals surface area contributed by atoms with E-state index in [0.29, 0.717) is 33.9 Å². The molecule has 4 atom stereocenters. The zero-order valence-corrected chi connectivity index (χ0v) is 24.1. The van der Waals surface area contributed by atoms with E-state index in [-0.39, 0.29) is 21.9 Å². The molecule has 1 saturated heterocycles. The predicted octanol–water partition coefficient (Wildman–Crippen LogP) is 6.19. The molecule has 2 aliphatic heterocycles. The van der Waals surface area contributed by atoms with Gasteiger partial charge in [-0.05, 0) is 77.6 Å². The van der Waals surface area contributed by atoms with Crippen LogP contribution in [0.5, 0.6) is 0 Å². The molecule has 2 aliphatic rings. The molecule has 11 heteroatoms. The van der Waals surface area contributed by atoms with Crippen LogP contribution in [-0.2, 0) is 14.9 Å². The molecule has 0 saturated carbocycles. The van der Waals surface area contributed by atoms with Gasteiger partial charge in [0.25, 0.3) is 0 Å². The smallest absolute Gasteiger partial charge is 0.413 e. The van der Waals surface area contributed by atoms with E-state index in [1.54, 1.807) is 24.3 Å². The number of rotatable bonds is 5. The van der Waals surface area contributed by atoms with Crippen LogP contribution < -0.4 is 21.7 Å². The lowest BCUT2D eigenvalue weighted by Crippen LogP contribution is -2.49. The first-order valence-corrected chi connectivity index (χ1v) is 13.7. The second kappa shape index (κ2) is 10.6. The van der Waals surface area contributed by atoms with Crippen LogP contribution in [0.1, 0.15) is 54.6 Å². The Morgan fingerprint density at radius 2 is 1.76 bits per heavy atom. The monoisotopic (exact) mass is 598 g/mol. The third kappa shape index (κ3) is 5.49. The summed E-state index contributed by atoms with van der Waals surface area (Å²) < 4.78 is 20.7. The fraction of sp³-hybridized carbons (Fsp3) is 0.300. The third-order valence-corrected chi connectivity index (χ3v) is 7.92. The maximum Gasteiger partial charge on any atom is 0.413 e. The van der Waals surface area contributed by atoms with Crippen molar-refractivity contribution in [1.82, 2.24) is 5.32 Å². The minimum absolute atomic E-state index is 0.141. The molecular formula is C30H29Cl2FN4O4. The predicted molar refractivity (Wildman–Crippen MR) is 156 cm³/mol. The van der Waals surface area contributed by atoms with Crippen molar-refractivity contribution in [2.45, 2.75) is 50.8 Å². The highest BCUT2D eigenvalue weighted by atomic mass is 35.5. The number of primary amides is 1. The summed E-state index contributed by atoms with van der Waals surface area (Å²) in [5.74, 6) is -2.38. The molecule has 5 rings (SSSR count). The first-order chi connectivity index (χ1) is 19.3. The van der Waals surface area contributed by atoms with Crippen molar-refractivity contribution >= 4 is 52.5 Å². The van der Waals surface area contributed by atoms with Crippen LogP contribution in [0.4, 0.5) is 20.6 Å². The Labute approximate surface area is 246 Å². The van der Waals surface area contributed by atoms with E-state index in [4.69, 9.17) is 33.7 Å². The average molecular weight is 599 g/mol. The van der Waals surface area contributed by atoms with Crippen molar-refractivity contribution in [3.8, 4) is 0 Å². The molecular weight excluding hydrogens is 570 g/mol. The number of anilines is 2. The van der Waals surface area contributed by atoms with Crippen LogP contribution in [0.3, 0.4) is 0 Å². The summed E-state index contributed by atoms with van der Waals surface area (Å²) in [7, 11) is 0. The molecule has 3 aromatic rings. The highest BCUT2D eigenvalue weighted by Gasteiger charge is 2.65. The summed E-state index contributed by atoms with van der Waals surface area (Å²) in [6, 6.07) is 14.7. The number of nitrogens with two attached hydrogens (primary N) is 1. The molecule has 0 aromatic heterocycles. The molecule has 0 bridgehead atoms. The number of fused-ring (bicyclic) bond motifs is 2. The van der Waals surface area contributed by atoms with Crippen LogP contribution in [0.15, 0.2) is 60.7 Å². The summed E-state index contributed by atoms with van der Waals surface area (Å²) in [5, 5.41) is 9.57. The van der Waals surface area contributed by atoms with E-state index in [2.05, 4.69) is 16.0 Å². The van der Waals surface area contributed by atoms with Gasteiger partial charge < -0.3 is 15.8 Å². The summed E-state index contributed by atoms with van der Waals surface area (Å²) in [6.45, 7) is 6.13. The molecule has 2 heterocycles. The molecule has 3 aromatic carbocycles. The largest absolute Gasteiger partial charge is 0.429 e. The summed E-state index contributed by atoms with van der Waals surface area (Å²) in [4.78, 5) is 38.7. The maximum atomic E-state index is 14.8. The number of carbonyl (C=O) groups excluding carboxylic acids is 3. The van der Waals surface area contributed by atoms with Crippen LogP contribution >= 0.6 is 23.2 Å². The highest BCUT2D eigenvalue weighted by Crippen LogP contribution is 2.57. The van der Waals surface area contributed by atoms with Crippen molar-refractivity contribution in [2.75, 3.05) is 10.6 Å². The minimum atomic E-state index is -1.29. The number of amides is 3. The first kappa shape index (κ1) is 28.9. The first-order valence-electron chi connectivity index (χ1n) is 13.0. The van der Waals surface area contributed by atoms with Crippen LogP contribution in [0.25, 0.3) is 0 Å². The Morgan fingerprint density at radius 1 is 1.05 bits per heavy atom. The van der Waals surface area contributed by atoms with Gasteiger partial charge in [-0.1, -0.05) is 50.0 Å². The van der Waals surface area contributed by atoms with Gasteiger partial charge in [0.2, 0.25) is 11.8 Å². The quantitative estimate of drug-likeness (QED) is 0.279. The van der Waals surface area contributed by atoms with Crippen LogP contribution in [0, 0.1) is 11.2 Å². The zero-order valence-electron chi connectivity index (χ0n) is 22.6. The van der Waals surface area contributed by atoms with Gasteiger partial charge in [-0.2, -0.15) is 0 Å². The van der Waals surface area contributed by atoms with Crippen molar-refractivity contribution in [3.05, 3.63) is 93.2 Å². The Morgan fingerprint density at radius 3 is 2.39 bits per heavy atom. The number of ether oxygens (including phenoxy) is 1. The van der Waals surface area contributed by atoms with Gasteiger partial charge in [0.05, 0.1) is 5.92 Å². The van der Waals surface area contributed by atoms with E-state index >= 15 is 0 Å². The number of halogens is 3. The molecule has 0 unspecified atom stereocenters. The number of hydrogen-bond donors (Lipinski definition) is 4. The van der Waals surface area contributed by atoms with Gasteiger partial charge in [-0.3, -0.25) is 20.2 Å². The van der Waals surface area contributed by atoms with Gasteiger partial charge in [0.15, 0.2) is 6.23 Å². The van der Waals surface area contributed by atoms with Crippen molar-refractivity contribution in [3.63, 3.8) is 0 Å². The van der Waals surface area contributed by atoms with E-state index < -0.39 is 41.4 Å². The molecule has 1 fully saturated rings. The second-order valence-corrected chi connectivity index (χ2v) is 12.4. The van der Waals surface area contributed by atoms with Crippen LogP contribution in [-0.4, -0.2) is 30.2 Å². The van der Waals surface area contributed by atoms with Crippen molar-refractivity contribution in [2.24, 2.45) is 11.1 Å². The summed E-state index contributed by atoms with van der Waals surface area (Å²) in [6.07, 6.45) is -1.36. The number of hydrogen-bond acceptors (Lipinski definition) is 5. The molecule has 41 heavy (non-hydrogen) atoms. The zero-order chi connectivity index (χ0) is 29.7. The Balaban J connectivity index is 1.60. The van der Waals surface area contributed by atoms with Gasteiger partial charge in [0.1, 0.15) is 11.2 Å². The number of benzene rings is 3. The summed E-state index contributed by atoms with van der Waals surface area (Å²) >= 11 is 12.6. The second-order valence-electron chi connectivity index (χ2n) is 11.6. The average Bonchev–Trinajstić information content (AvgIpc) is 3.31. The molecule has 3 amide bonds. The molecule has 0 aliphatic carbocycles. The van der Waals surface area contributed by atoms with Gasteiger partial charge in [0, 0.05) is 33.0 Å². The number of carbonyl (C=O) groups is 3. The van der Waals surface area contributed by atoms with E-state index in [9.17, 15) is 18.8 Å². The van der Waals surface area contributed by atoms with Gasteiger partial charge >= 0.3 is 6.09 Å². The van der Waals surface area contributed by atoms with Gasteiger partial charge in [-0.25, -0.2) is 9.18 Å². The Bertz CT molecular complexity index is 1520. The normalized spacial score (nSPS) is 23.3. The molecule has 214 valence electrons. The standard InChI is InChI=1S/C30H29Cl2FN4O4/c1-29(2,3)14-23-30(21-9-6-17(31)13-22(21)36-27(30)39)24(16-10-18(32)12-19(33)11-16)26(37-23)41-28(40)35-20-7-4-15(5-8-20)25(34)38/h4-13,23-24,26,37H,14H2,1-3H3,(H2,34,38)(H,35,40)(H,36,39)/t23-,24-,26+,30+/m0/s1. The lowest BCUT2D eigenvalue weighted by molar-refractivity contribution is -0.122. The van der Waals surface area contributed by atoms with E-state index in [0.717, 1.165) is 0 Å². The van der Waals surface area contributed by atoms with E-state index in [1.165, 1.54) is 36.4 Å². The highest BCUT2D eigenvalue weighted by molar-refractivity contribution is 6.31. The molecule has 1 spiro atoms. The topological polar surface area (TPSA) is 123 Å². The molecule has 0 radical (unpaired) electrons. The lowest BCUT2D eigenvalue weighted by Gasteiger charge is -2.37. The fourth-order valence-electron chi connectivity index (χ4n) is 5.97. The Hall–Kier alpha value is -3.66. The fourth-order valence-corrected chi connectivity index (χ4v) is 6.37. The lowest BCUT2D eigenvalue weighted by atomic mass is 9.63. The maximum absolute atomic E-state index is 14.8. The van der Waals surface area contributed by atoms with E-state index in [1.807, 2.05) is 20.8 Å². The van der Waals surface area contributed by atoms with Crippen molar-refractivity contribution < 1.29 is 23.5 Å². The third-order valence-electron chi connectivity index (χ3n) is 7.47. The molecule has 5 N–H and O–H groups in total. The SMILES string of the molecule is CC(C)(C)C[C@@H]1N[C@H](OC(=O)Nc2ccc(C(N)=O)cc2)[C@H](c2cc(F)cc(Cl)c2)[C@]12C(=O)Nc1cc(Cl)ccc12. The summed E-state index contributed by atoms with van der Waals surface area (Å²) in [5.41, 5.74) is 5.99. The number of nitrogens with one attached hydrogen (secondary N) is 3.